The molecule has 0 fully saturated rings. The van der Waals surface area contributed by atoms with E-state index in [-0.39, 0.29) is 0 Å². The third kappa shape index (κ3) is 61.9. The van der Waals surface area contributed by atoms with Crippen LogP contribution >= 0.6 is 0 Å². The van der Waals surface area contributed by atoms with E-state index in [2.05, 4.69) is 106 Å². The van der Waals surface area contributed by atoms with Crippen molar-refractivity contribution >= 4 is 11.4 Å². The van der Waals surface area contributed by atoms with Crippen LogP contribution < -0.4 is 0 Å². The fourth-order valence-corrected chi connectivity index (χ4v) is 20.9. The standard InChI is InChI=1S/C72H122N2.2C22H45.Pd/c1-9-17-25-28-29-30-31-32-33-34-35-36-37-38-39-40-41-42-43-44-48-56-70-69(55-45-20-12-4)71(65-57-61(49-21-13-5)67(53-46-26-18-10-2)62(58-65)50-22-14-6)74(73)72(70)66-59-63(51-23-15-7)68(54-47-27-19-11-3)64(60-66)52-24-16-8;2*1-3-5-7-9-11-13-15-17-19-21-22-20-18-16-14-12-10-8-6-4-2;/h48,56-60H,9-47,49-55H2,1-8H3;2*1,3-22H2,2H3;. The molecule has 1 aliphatic rings. The number of allylic oxidation sites excluding steroid dienone is 4. The summed E-state index contributed by atoms with van der Waals surface area (Å²) in [6, 6.07) is 10.2. The predicted octanol–water partition coefficient (Wildman–Crippen LogP) is 42.0. The second kappa shape index (κ2) is 88.0. The molecular formula is C116H212N2Pd. The molecule has 0 aromatic heterocycles. The van der Waals surface area contributed by atoms with E-state index >= 15 is 0 Å². The van der Waals surface area contributed by atoms with Gasteiger partial charge in [0.2, 0.25) is 11.4 Å². The van der Waals surface area contributed by atoms with Gasteiger partial charge in [0.15, 0.2) is 0 Å². The summed E-state index contributed by atoms with van der Waals surface area (Å²) in [6.07, 6.45) is 124. The van der Waals surface area contributed by atoms with E-state index in [1.807, 2.05) is 0 Å². The molecule has 2 nitrogen and oxygen atoms in total. The first kappa shape index (κ1) is 113. The van der Waals surface area contributed by atoms with Gasteiger partial charge in [-0.25, -0.2) is 4.70 Å². The van der Waals surface area contributed by atoms with Crippen molar-refractivity contribution in [1.82, 2.24) is 0 Å². The molecular weight excluding hydrogens is 1530 g/mol. The van der Waals surface area contributed by atoms with Gasteiger partial charge in [-0.1, -0.05) is 390 Å². The van der Waals surface area contributed by atoms with Gasteiger partial charge in [-0.3, -0.25) is 0 Å². The smallest absolute Gasteiger partial charge is 0.0654 e. The minimum Gasteiger partial charge on any atom is -0.0654 e. The zero-order chi connectivity index (χ0) is 85.7. The van der Waals surface area contributed by atoms with Crippen molar-refractivity contribution in [3.05, 3.63) is 97.6 Å². The average Bonchev–Trinajstić information content (AvgIpc) is 1.60. The SMILES string of the molecule is CCCCCCCCCCCCCCCCCCCCCC=CC1=C(c2cc(CCCC)c(CCCCCC)c(CCCC)c2)[N+](=[N-])C(c2cc(CCCC)c(CCCCCC)c(CCCC)c2)=C1CCCCC.CCCCCCCCCCCCCCCCCCCCC[CH2][Pd][CH2]CCCCCCCCCCCCCCCCCCCCC. The maximum absolute atomic E-state index is 13.2. The van der Waals surface area contributed by atoms with Gasteiger partial charge in [-0.2, -0.15) is 0 Å². The van der Waals surface area contributed by atoms with E-state index in [0.717, 1.165) is 74.3 Å². The number of unbranched alkanes of at least 4 members (excludes halogenated alkanes) is 69. The molecule has 0 unspecified atom stereocenters. The molecule has 0 aliphatic carbocycles. The monoisotopic (exact) mass is 1740 g/mol. The first-order valence-electron chi connectivity index (χ1n) is 55.2. The fourth-order valence-electron chi connectivity index (χ4n) is 19.0. The second-order valence-electron chi connectivity index (χ2n) is 38.4. The van der Waals surface area contributed by atoms with E-state index in [4.69, 9.17) is 0 Å². The van der Waals surface area contributed by atoms with Crippen LogP contribution in [0.1, 0.15) is 627 Å². The van der Waals surface area contributed by atoms with Gasteiger partial charge in [0.1, 0.15) is 0 Å². The molecule has 1 aliphatic heterocycles. The third-order valence-corrected chi connectivity index (χ3v) is 29.1. The summed E-state index contributed by atoms with van der Waals surface area (Å²) < 4.78 is 1.73. The molecule has 0 spiro atoms. The van der Waals surface area contributed by atoms with Gasteiger partial charge < -0.3 is 5.53 Å². The Kier molecular flexibility index (Phi) is 83.5. The Bertz CT molecular complexity index is 2510. The van der Waals surface area contributed by atoms with Crippen LogP contribution in [-0.2, 0) is 56.5 Å². The van der Waals surface area contributed by atoms with Crippen LogP contribution in [0.4, 0.5) is 0 Å². The van der Waals surface area contributed by atoms with Crippen LogP contribution in [0, 0.1) is 0 Å². The van der Waals surface area contributed by atoms with Crippen LogP contribution in [-0.4, -0.2) is 4.70 Å². The fraction of sp³-hybridized carbons (Fsp3) is 0.845. The molecule has 3 rings (SSSR count). The normalized spacial score (nSPS) is 12.5. The molecule has 2 aromatic carbocycles. The van der Waals surface area contributed by atoms with Gasteiger partial charge in [-0.05, 0) is 160 Å². The summed E-state index contributed by atoms with van der Waals surface area (Å²) in [4.78, 5) is 3.10. The van der Waals surface area contributed by atoms with Crippen molar-refractivity contribution in [2.45, 2.75) is 631 Å². The Labute approximate surface area is 757 Å². The van der Waals surface area contributed by atoms with Gasteiger partial charge in [0.25, 0.3) is 0 Å². The van der Waals surface area contributed by atoms with Crippen molar-refractivity contribution in [3.8, 4) is 0 Å². The van der Waals surface area contributed by atoms with Crippen LogP contribution in [0.2, 0.25) is 9.79 Å². The number of hydrogen-bond donors (Lipinski definition) is 0. The van der Waals surface area contributed by atoms with Crippen molar-refractivity contribution in [2.75, 3.05) is 0 Å². The van der Waals surface area contributed by atoms with E-state index in [1.165, 1.54) is 530 Å². The molecule has 0 saturated heterocycles. The summed E-state index contributed by atoms with van der Waals surface area (Å²) >= 11 is 1.06. The van der Waals surface area contributed by atoms with Crippen molar-refractivity contribution < 1.29 is 22.7 Å². The predicted molar refractivity (Wildman–Crippen MR) is 537 cm³/mol. The van der Waals surface area contributed by atoms with E-state index in [1.54, 1.807) is 47.9 Å². The van der Waals surface area contributed by atoms with Crippen molar-refractivity contribution in [1.29, 1.82) is 0 Å². The van der Waals surface area contributed by atoms with Crippen molar-refractivity contribution in [2.24, 2.45) is 0 Å². The average molecular weight is 1740 g/mol. The van der Waals surface area contributed by atoms with Crippen LogP contribution in [0.25, 0.3) is 16.9 Å². The number of rotatable bonds is 91. The zero-order valence-corrected chi connectivity index (χ0v) is 84.5. The van der Waals surface area contributed by atoms with Crippen LogP contribution in [0.5, 0.6) is 0 Å². The topological polar surface area (TPSA) is 25.3 Å². The summed E-state index contributed by atoms with van der Waals surface area (Å²) in [6.45, 7) is 23.3. The molecule has 0 amide bonds. The summed E-state index contributed by atoms with van der Waals surface area (Å²) in [7, 11) is 0. The van der Waals surface area contributed by atoms with Crippen LogP contribution in [0.3, 0.4) is 0 Å². The molecule has 0 radical (unpaired) electrons. The quantitative estimate of drug-likeness (QED) is 0.0358. The molecule has 1 heterocycles. The Balaban J connectivity index is 0.000000913. The number of aryl methyl sites for hydroxylation is 4. The molecule has 3 heteroatoms. The van der Waals surface area contributed by atoms with Crippen molar-refractivity contribution in [3.63, 3.8) is 0 Å². The van der Waals surface area contributed by atoms with Gasteiger partial charge >= 0.3 is 169 Å². The third-order valence-electron chi connectivity index (χ3n) is 26.9. The Hall–Kier alpha value is -2.08. The number of hydrogen-bond acceptors (Lipinski definition) is 0. The Morgan fingerprint density at radius 2 is 0.420 bits per heavy atom. The summed E-state index contributed by atoms with van der Waals surface area (Å²) in [5, 5.41) is 0. The second-order valence-corrected chi connectivity index (χ2v) is 40.7. The molecule has 0 saturated carbocycles. The van der Waals surface area contributed by atoms with Gasteiger partial charge in [0.05, 0.1) is 5.57 Å². The minimum atomic E-state index is 0.997. The zero-order valence-electron chi connectivity index (χ0n) is 82.9. The first-order chi connectivity index (χ1) is 58.8. The van der Waals surface area contributed by atoms with E-state index < -0.39 is 0 Å². The van der Waals surface area contributed by atoms with Gasteiger partial charge in [0, 0.05) is 16.7 Å². The molecule has 0 bridgehead atoms. The maximum atomic E-state index is 13.2. The first-order valence-corrected chi connectivity index (χ1v) is 57.4. The van der Waals surface area contributed by atoms with E-state index in [9.17, 15) is 5.53 Å². The molecule has 2 aromatic rings. The molecule has 119 heavy (non-hydrogen) atoms. The molecule has 0 N–H and O–H groups in total. The Morgan fingerprint density at radius 1 is 0.218 bits per heavy atom. The number of nitrogens with zero attached hydrogens (tertiary/aromatic N) is 2. The summed E-state index contributed by atoms with van der Waals surface area (Å²) in [5.41, 5.74) is 29.9. The Morgan fingerprint density at radius 3 is 0.672 bits per heavy atom. The summed E-state index contributed by atoms with van der Waals surface area (Å²) in [5.74, 6) is 0. The molecule has 0 atom stereocenters. The van der Waals surface area contributed by atoms with E-state index in [0.29, 0.717) is 0 Å². The number of benzene rings is 2. The van der Waals surface area contributed by atoms with Crippen LogP contribution in [0.15, 0.2) is 47.6 Å². The molecule has 696 valence electrons. The van der Waals surface area contributed by atoms with Gasteiger partial charge in [-0.15, -0.1) is 0 Å². The minimum absolute atomic E-state index is 0.997.